The summed E-state index contributed by atoms with van der Waals surface area (Å²) in [4.78, 5) is 0. The molecule has 0 aliphatic carbocycles. The van der Waals surface area contributed by atoms with Crippen molar-refractivity contribution in [1.82, 2.24) is 5.32 Å². The lowest BCUT2D eigenvalue weighted by molar-refractivity contribution is -0.0121. The molecule has 0 rings (SSSR count). The van der Waals surface area contributed by atoms with E-state index in [0.29, 0.717) is 6.04 Å². The van der Waals surface area contributed by atoms with Crippen molar-refractivity contribution in [1.29, 1.82) is 0 Å². The predicted octanol–water partition coefficient (Wildman–Crippen LogP) is 2.19. The molecule has 0 aliphatic heterocycles. The van der Waals surface area contributed by atoms with Crippen LogP contribution in [0.2, 0.25) is 0 Å². The predicted molar refractivity (Wildman–Crippen MR) is 53.5 cm³/mol. The molecular weight excluding hydrogens is 150 g/mol. The molecule has 0 heterocycles. The third kappa shape index (κ3) is 8.02. The van der Waals surface area contributed by atoms with Crippen LogP contribution in [0.15, 0.2) is 0 Å². The summed E-state index contributed by atoms with van der Waals surface area (Å²) in [6, 6.07) is 0.462. The highest BCUT2D eigenvalue weighted by Gasteiger charge is 2.11. The van der Waals surface area contributed by atoms with E-state index in [9.17, 15) is 0 Å². The summed E-state index contributed by atoms with van der Waals surface area (Å²) in [5, 5.41) is 3.38. The molecule has 0 aromatic heterocycles. The van der Waals surface area contributed by atoms with Crippen LogP contribution in [0, 0.1) is 0 Å². The van der Waals surface area contributed by atoms with E-state index in [1.807, 2.05) is 0 Å². The first-order valence-electron chi connectivity index (χ1n) is 4.83. The number of hydrogen-bond acceptors (Lipinski definition) is 2. The van der Waals surface area contributed by atoms with Crippen LogP contribution in [0.4, 0.5) is 0 Å². The van der Waals surface area contributed by atoms with Crippen molar-refractivity contribution in [2.75, 3.05) is 13.2 Å². The fourth-order valence-corrected chi connectivity index (χ4v) is 0.825. The maximum absolute atomic E-state index is 5.63. The second-order valence-electron chi connectivity index (χ2n) is 4.28. The molecule has 0 aromatic rings. The smallest absolute Gasteiger partial charge is 0.0624 e. The number of ether oxygens (including phenoxy) is 1. The Balaban J connectivity index is 3.37. The van der Waals surface area contributed by atoms with Gasteiger partial charge in [0.25, 0.3) is 0 Å². The van der Waals surface area contributed by atoms with Gasteiger partial charge in [-0.3, -0.25) is 0 Å². The molecule has 1 N–H and O–H groups in total. The second-order valence-corrected chi connectivity index (χ2v) is 4.28. The Bertz CT molecular complexity index is 107. The van der Waals surface area contributed by atoms with E-state index in [4.69, 9.17) is 4.74 Å². The fraction of sp³-hybridized carbons (Fsp3) is 1.00. The molecule has 0 amide bonds. The minimum absolute atomic E-state index is 0.0118. The molecular formula is C10H23NO. The quantitative estimate of drug-likeness (QED) is 0.688. The van der Waals surface area contributed by atoms with Crippen molar-refractivity contribution in [2.24, 2.45) is 0 Å². The zero-order valence-electron chi connectivity index (χ0n) is 9.11. The van der Waals surface area contributed by atoms with Gasteiger partial charge in [0.15, 0.2) is 0 Å². The van der Waals surface area contributed by atoms with Gasteiger partial charge in [-0.25, -0.2) is 0 Å². The van der Waals surface area contributed by atoms with Gasteiger partial charge in [0.2, 0.25) is 0 Å². The fourth-order valence-electron chi connectivity index (χ4n) is 0.825. The van der Waals surface area contributed by atoms with E-state index < -0.39 is 0 Å². The van der Waals surface area contributed by atoms with Crippen LogP contribution in [-0.2, 0) is 4.74 Å². The summed E-state index contributed by atoms with van der Waals surface area (Å²) in [6.07, 6.45) is 1.18. The molecule has 0 saturated carbocycles. The molecule has 0 fully saturated rings. The number of hydrogen-bond donors (Lipinski definition) is 1. The lowest BCUT2D eigenvalue weighted by atomic mass is 10.2. The van der Waals surface area contributed by atoms with E-state index >= 15 is 0 Å². The average Bonchev–Trinajstić information content (AvgIpc) is 1.95. The molecule has 0 bridgehead atoms. The van der Waals surface area contributed by atoms with Gasteiger partial charge in [0.05, 0.1) is 12.2 Å². The van der Waals surface area contributed by atoms with Gasteiger partial charge in [0, 0.05) is 6.04 Å². The normalized spacial score (nSPS) is 14.8. The monoisotopic (exact) mass is 173 g/mol. The van der Waals surface area contributed by atoms with Crippen LogP contribution in [0.1, 0.15) is 41.0 Å². The second kappa shape index (κ2) is 5.55. The van der Waals surface area contributed by atoms with Crippen LogP contribution in [-0.4, -0.2) is 24.8 Å². The van der Waals surface area contributed by atoms with Gasteiger partial charge in [0.1, 0.15) is 0 Å². The summed E-state index contributed by atoms with van der Waals surface area (Å²) < 4.78 is 5.63. The van der Waals surface area contributed by atoms with Gasteiger partial charge in [-0.05, 0) is 40.7 Å². The molecule has 2 nitrogen and oxygen atoms in total. The van der Waals surface area contributed by atoms with Crippen molar-refractivity contribution >= 4 is 0 Å². The summed E-state index contributed by atoms with van der Waals surface area (Å²) in [5.74, 6) is 0. The lowest BCUT2D eigenvalue weighted by Crippen LogP contribution is -2.34. The van der Waals surface area contributed by atoms with Crippen LogP contribution in [0.3, 0.4) is 0 Å². The van der Waals surface area contributed by atoms with Crippen molar-refractivity contribution < 1.29 is 4.74 Å². The van der Waals surface area contributed by atoms with E-state index in [1.165, 1.54) is 6.42 Å². The Morgan fingerprint density at radius 3 is 2.33 bits per heavy atom. The Kier molecular flexibility index (Phi) is 5.51. The Labute approximate surface area is 76.7 Å². The highest BCUT2D eigenvalue weighted by atomic mass is 16.5. The zero-order valence-corrected chi connectivity index (χ0v) is 9.11. The van der Waals surface area contributed by atoms with Gasteiger partial charge >= 0.3 is 0 Å². The SMILES string of the molecule is CCCNC(C)COC(C)(C)C. The Morgan fingerprint density at radius 1 is 1.33 bits per heavy atom. The van der Waals surface area contributed by atoms with E-state index in [2.05, 4.69) is 39.9 Å². The summed E-state index contributed by atoms with van der Waals surface area (Å²) >= 11 is 0. The highest BCUT2D eigenvalue weighted by molar-refractivity contribution is 4.64. The Morgan fingerprint density at radius 2 is 1.92 bits per heavy atom. The topological polar surface area (TPSA) is 21.3 Å². The lowest BCUT2D eigenvalue weighted by Gasteiger charge is -2.22. The summed E-state index contributed by atoms with van der Waals surface area (Å²) in [7, 11) is 0. The van der Waals surface area contributed by atoms with Crippen molar-refractivity contribution in [2.45, 2.75) is 52.7 Å². The zero-order chi connectivity index (χ0) is 9.61. The van der Waals surface area contributed by atoms with Gasteiger partial charge in [-0.2, -0.15) is 0 Å². The first-order valence-corrected chi connectivity index (χ1v) is 4.83. The molecule has 12 heavy (non-hydrogen) atoms. The molecule has 0 aromatic carbocycles. The first-order chi connectivity index (χ1) is 5.45. The maximum atomic E-state index is 5.63. The Hall–Kier alpha value is -0.0800. The van der Waals surface area contributed by atoms with E-state index in [-0.39, 0.29) is 5.60 Å². The first kappa shape index (κ1) is 11.9. The maximum Gasteiger partial charge on any atom is 0.0624 e. The molecule has 0 aliphatic rings. The van der Waals surface area contributed by atoms with E-state index in [0.717, 1.165) is 13.2 Å². The summed E-state index contributed by atoms with van der Waals surface area (Å²) in [5.41, 5.74) is -0.0118. The molecule has 74 valence electrons. The molecule has 0 saturated heterocycles. The third-order valence-electron chi connectivity index (χ3n) is 1.51. The van der Waals surface area contributed by atoms with Crippen LogP contribution >= 0.6 is 0 Å². The molecule has 1 atom stereocenters. The van der Waals surface area contributed by atoms with Crippen molar-refractivity contribution in [3.63, 3.8) is 0 Å². The van der Waals surface area contributed by atoms with Gasteiger partial charge < -0.3 is 10.1 Å². The summed E-state index contributed by atoms with van der Waals surface area (Å²) in [6.45, 7) is 12.4. The largest absolute Gasteiger partial charge is 0.374 e. The molecule has 2 heteroatoms. The minimum atomic E-state index is -0.0118. The molecule has 1 unspecified atom stereocenters. The van der Waals surface area contributed by atoms with Crippen LogP contribution < -0.4 is 5.32 Å². The van der Waals surface area contributed by atoms with Crippen molar-refractivity contribution in [3.05, 3.63) is 0 Å². The minimum Gasteiger partial charge on any atom is -0.374 e. The third-order valence-corrected chi connectivity index (χ3v) is 1.51. The number of rotatable bonds is 5. The standard InChI is InChI=1S/C10H23NO/c1-6-7-11-9(2)8-12-10(3,4)5/h9,11H,6-8H2,1-5H3. The molecule has 0 radical (unpaired) electrons. The van der Waals surface area contributed by atoms with Crippen LogP contribution in [0.25, 0.3) is 0 Å². The highest BCUT2D eigenvalue weighted by Crippen LogP contribution is 2.06. The van der Waals surface area contributed by atoms with Gasteiger partial charge in [-0.15, -0.1) is 0 Å². The van der Waals surface area contributed by atoms with E-state index in [1.54, 1.807) is 0 Å². The number of nitrogens with one attached hydrogen (secondary N) is 1. The van der Waals surface area contributed by atoms with Crippen molar-refractivity contribution in [3.8, 4) is 0 Å². The van der Waals surface area contributed by atoms with Crippen LogP contribution in [0.5, 0.6) is 0 Å². The average molecular weight is 173 g/mol. The molecule has 0 spiro atoms. The van der Waals surface area contributed by atoms with Gasteiger partial charge in [-0.1, -0.05) is 6.92 Å².